The molecular weight excluding hydrogens is 242 g/mol. The lowest BCUT2D eigenvalue weighted by atomic mass is 10.1. The number of thiophene rings is 1. The van der Waals surface area contributed by atoms with E-state index in [0.717, 1.165) is 24.0 Å². The van der Waals surface area contributed by atoms with Crippen LogP contribution < -0.4 is 5.32 Å². The summed E-state index contributed by atoms with van der Waals surface area (Å²) in [6, 6.07) is 2.98. The average molecular weight is 260 g/mol. The summed E-state index contributed by atoms with van der Waals surface area (Å²) >= 11 is 7.75. The van der Waals surface area contributed by atoms with Gasteiger partial charge in [-0.05, 0) is 38.3 Å². The molecule has 16 heavy (non-hydrogen) atoms. The first-order chi connectivity index (χ1) is 7.70. The first kappa shape index (κ1) is 12.4. The molecule has 0 spiro atoms. The second-order valence-electron chi connectivity index (χ2n) is 4.25. The van der Waals surface area contributed by atoms with E-state index in [-0.39, 0.29) is 0 Å². The Hall–Kier alpha value is -0.0900. The van der Waals surface area contributed by atoms with Gasteiger partial charge in [0.05, 0.1) is 10.9 Å². The van der Waals surface area contributed by atoms with Crippen LogP contribution in [0.4, 0.5) is 0 Å². The third kappa shape index (κ3) is 2.77. The summed E-state index contributed by atoms with van der Waals surface area (Å²) in [5.41, 5.74) is 1.40. The number of hydrogen-bond donors (Lipinski definition) is 1. The Morgan fingerprint density at radius 2 is 2.50 bits per heavy atom. The average Bonchev–Trinajstić information content (AvgIpc) is 2.76. The second-order valence-corrected chi connectivity index (χ2v) is 6.02. The Kier molecular flexibility index (Phi) is 4.25. The predicted octanol–water partition coefficient (Wildman–Crippen LogP) is 3.40. The Labute approximate surface area is 106 Å². The summed E-state index contributed by atoms with van der Waals surface area (Å²) in [5, 5.41) is 3.61. The molecule has 0 amide bonds. The lowest BCUT2D eigenvalue weighted by Crippen LogP contribution is -2.33. The van der Waals surface area contributed by atoms with E-state index < -0.39 is 0 Å². The molecule has 1 N–H and O–H groups in total. The molecule has 2 rings (SSSR count). The summed E-state index contributed by atoms with van der Waals surface area (Å²) in [4.78, 5) is 1.45. The van der Waals surface area contributed by atoms with E-state index in [2.05, 4.69) is 18.3 Å². The first-order valence-corrected chi connectivity index (χ1v) is 7.02. The van der Waals surface area contributed by atoms with Crippen LogP contribution in [0.2, 0.25) is 4.34 Å². The zero-order chi connectivity index (χ0) is 11.5. The van der Waals surface area contributed by atoms with Crippen molar-refractivity contribution in [1.82, 2.24) is 5.32 Å². The topological polar surface area (TPSA) is 21.3 Å². The molecule has 2 atom stereocenters. The van der Waals surface area contributed by atoms with E-state index in [4.69, 9.17) is 16.3 Å². The van der Waals surface area contributed by atoms with Crippen molar-refractivity contribution in [2.45, 2.75) is 38.8 Å². The molecule has 2 nitrogen and oxygen atoms in total. The Balaban J connectivity index is 1.92. The summed E-state index contributed by atoms with van der Waals surface area (Å²) in [6.07, 6.45) is 2.35. The highest BCUT2D eigenvalue weighted by molar-refractivity contribution is 7.16. The highest BCUT2D eigenvalue weighted by Crippen LogP contribution is 2.39. The maximum absolute atomic E-state index is 6.03. The van der Waals surface area contributed by atoms with Gasteiger partial charge in [-0.2, -0.15) is 0 Å². The van der Waals surface area contributed by atoms with E-state index in [1.54, 1.807) is 11.3 Å². The smallest absolute Gasteiger partial charge is 0.0934 e. The normalized spacial score (nSPS) is 21.1. The molecule has 0 aromatic carbocycles. The van der Waals surface area contributed by atoms with Gasteiger partial charge < -0.3 is 10.1 Å². The monoisotopic (exact) mass is 259 g/mol. The van der Waals surface area contributed by atoms with Gasteiger partial charge in [-0.3, -0.25) is 0 Å². The van der Waals surface area contributed by atoms with Crippen molar-refractivity contribution in [3.63, 3.8) is 0 Å². The lowest BCUT2D eigenvalue weighted by molar-refractivity contribution is 0.123. The van der Waals surface area contributed by atoms with Crippen LogP contribution in [0.3, 0.4) is 0 Å². The van der Waals surface area contributed by atoms with E-state index >= 15 is 0 Å². The van der Waals surface area contributed by atoms with Crippen LogP contribution in [-0.2, 0) is 11.2 Å². The fourth-order valence-electron chi connectivity index (χ4n) is 2.19. The van der Waals surface area contributed by atoms with Crippen LogP contribution >= 0.6 is 22.9 Å². The maximum atomic E-state index is 6.03. The van der Waals surface area contributed by atoms with Gasteiger partial charge in [0.1, 0.15) is 0 Å². The summed E-state index contributed by atoms with van der Waals surface area (Å²) in [5.74, 6) is 0. The summed E-state index contributed by atoms with van der Waals surface area (Å²) < 4.78 is 6.32. The molecule has 1 heterocycles. The van der Waals surface area contributed by atoms with E-state index in [1.807, 2.05) is 6.92 Å². The molecule has 0 radical (unpaired) electrons. The van der Waals surface area contributed by atoms with Crippen LogP contribution in [0.25, 0.3) is 0 Å². The fourth-order valence-corrected chi connectivity index (χ4v) is 3.55. The van der Waals surface area contributed by atoms with Crippen molar-refractivity contribution in [3.05, 3.63) is 20.8 Å². The van der Waals surface area contributed by atoms with E-state index in [9.17, 15) is 0 Å². The molecule has 4 heteroatoms. The molecule has 0 fully saturated rings. The van der Waals surface area contributed by atoms with Gasteiger partial charge in [-0.1, -0.05) is 11.6 Å². The van der Waals surface area contributed by atoms with Gasteiger partial charge in [-0.25, -0.2) is 0 Å². The fraction of sp³-hybridized carbons (Fsp3) is 0.667. The molecule has 0 bridgehead atoms. The highest BCUT2D eigenvalue weighted by atomic mass is 35.5. The van der Waals surface area contributed by atoms with Gasteiger partial charge >= 0.3 is 0 Å². The first-order valence-electron chi connectivity index (χ1n) is 5.82. The number of halogens is 1. The summed E-state index contributed by atoms with van der Waals surface area (Å²) in [6.45, 7) is 5.76. The number of ether oxygens (including phenoxy) is 1. The molecule has 1 aromatic rings. The van der Waals surface area contributed by atoms with E-state index in [0.29, 0.717) is 12.1 Å². The Morgan fingerprint density at radius 3 is 3.25 bits per heavy atom. The molecule has 0 saturated carbocycles. The van der Waals surface area contributed by atoms with Crippen molar-refractivity contribution >= 4 is 22.9 Å². The van der Waals surface area contributed by atoms with Gasteiger partial charge in [0.2, 0.25) is 0 Å². The van der Waals surface area contributed by atoms with E-state index in [1.165, 1.54) is 16.9 Å². The number of rotatable bonds is 5. The van der Waals surface area contributed by atoms with Gasteiger partial charge in [0.25, 0.3) is 0 Å². The molecule has 1 aromatic heterocycles. The minimum absolute atomic E-state index is 0.398. The van der Waals surface area contributed by atoms with Crippen molar-refractivity contribution in [1.29, 1.82) is 0 Å². The van der Waals surface area contributed by atoms with Gasteiger partial charge in [0.15, 0.2) is 0 Å². The third-order valence-electron chi connectivity index (χ3n) is 2.90. The molecular formula is C12H18ClNOS. The zero-order valence-electron chi connectivity index (χ0n) is 9.75. The van der Waals surface area contributed by atoms with Gasteiger partial charge in [-0.15, -0.1) is 11.3 Å². The standard InChI is InChI=1S/C12H18ClNOS/c1-3-15-7-8(2)14-10-4-5-11-9(10)6-12(13)16-11/h6,8,10,14H,3-5,7H2,1-2H3. The largest absolute Gasteiger partial charge is 0.380 e. The van der Waals surface area contributed by atoms with Crippen LogP contribution in [0, 0.1) is 0 Å². The number of hydrogen-bond acceptors (Lipinski definition) is 3. The van der Waals surface area contributed by atoms with Crippen LogP contribution in [0.15, 0.2) is 6.07 Å². The number of nitrogens with one attached hydrogen (secondary N) is 1. The zero-order valence-corrected chi connectivity index (χ0v) is 11.3. The SMILES string of the molecule is CCOCC(C)NC1CCc2sc(Cl)cc21. The maximum Gasteiger partial charge on any atom is 0.0934 e. The number of fused-ring (bicyclic) bond motifs is 1. The van der Waals surface area contributed by atoms with Crippen LogP contribution in [0.1, 0.15) is 36.8 Å². The minimum atomic E-state index is 0.398. The molecule has 2 unspecified atom stereocenters. The van der Waals surface area contributed by atoms with Crippen molar-refractivity contribution < 1.29 is 4.74 Å². The van der Waals surface area contributed by atoms with Gasteiger partial charge in [0, 0.05) is 23.6 Å². The molecule has 0 aliphatic heterocycles. The quantitative estimate of drug-likeness (QED) is 0.875. The van der Waals surface area contributed by atoms with Crippen LogP contribution in [0.5, 0.6) is 0 Å². The van der Waals surface area contributed by atoms with Crippen molar-refractivity contribution in [3.8, 4) is 0 Å². The predicted molar refractivity (Wildman–Crippen MR) is 69.5 cm³/mol. The molecule has 1 aliphatic rings. The minimum Gasteiger partial charge on any atom is -0.380 e. The van der Waals surface area contributed by atoms with Crippen LogP contribution in [-0.4, -0.2) is 19.3 Å². The molecule has 90 valence electrons. The highest BCUT2D eigenvalue weighted by Gasteiger charge is 2.25. The number of aryl methyl sites for hydroxylation is 1. The second kappa shape index (κ2) is 5.50. The molecule has 0 saturated heterocycles. The molecule has 1 aliphatic carbocycles. The Morgan fingerprint density at radius 1 is 1.69 bits per heavy atom. The van der Waals surface area contributed by atoms with Crippen molar-refractivity contribution in [2.24, 2.45) is 0 Å². The van der Waals surface area contributed by atoms with Crippen molar-refractivity contribution in [2.75, 3.05) is 13.2 Å². The Bertz CT molecular complexity index is 353. The lowest BCUT2D eigenvalue weighted by Gasteiger charge is -2.19. The summed E-state index contributed by atoms with van der Waals surface area (Å²) in [7, 11) is 0. The third-order valence-corrected chi connectivity index (χ3v) is 4.24.